The number of piperidine rings is 1. The number of hydrogen-bond donors (Lipinski definition) is 1. The summed E-state index contributed by atoms with van der Waals surface area (Å²) in [5, 5.41) is 2.96. The van der Waals surface area contributed by atoms with Crippen LogP contribution < -0.4 is 10.2 Å². The quantitative estimate of drug-likeness (QED) is 0.812. The number of methoxy groups -OCH3 is 1. The highest BCUT2D eigenvalue weighted by molar-refractivity contribution is 7.98. The normalized spacial score (nSPS) is 15.2. The second-order valence-electron chi connectivity index (χ2n) is 6.16. The van der Waals surface area contributed by atoms with E-state index in [2.05, 4.69) is 10.2 Å². The SMILES string of the molecule is COC1CCN(c2ccc(C(=O)Nc3cccc(SC)c3)cc2)CC1. The second-order valence-corrected chi connectivity index (χ2v) is 7.03. The number of carbonyl (C=O) groups excluding carboxylic acids is 1. The van der Waals surface area contributed by atoms with Crippen LogP contribution in [0.25, 0.3) is 0 Å². The summed E-state index contributed by atoms with van der Waals surface area (Å²) < 4.78 is 5.42. The maximum absolute atomic E-state index is 12.4. The fraction of sp³-hybridized carbons (Fsp3) is 0.350. The molecule has 4 nitrogen and oxygen atoms in total. The average molecular weight is 356 g/mol. The topological polar surface area (TPSA) is 41.6 Å². The molecule has 1 fully saturated rings. The van der Waals surface area contributed by atoms with E-state index < -0.39 is 0 Å². The molecular formula is C20H24N2O2S. The summed E-state index contributed by atoms with van der Waals surface area (Å²) in [7, 11) is 1.78. The van der Waals surface area contributed by atoms with Gasteiger partial charge >= 0.3 is 0 Å². The van der Waals surface area contributed by atoms with Gasteiger partial charge in [0.1, 0.15) is 0 Å². The fourth-order valence-corrected chi connectivity index (χ4v) is 3.54. The summed E-state index contributed by atoms with van der Waals surface area (Å²) in [5.41, 5.74) is 2.66. The molecule has 0 saturated carbocycles. The lowest BCUT2D eigenvalue weighted by atomic mass is 10.1. The van der Waals surface area contributed by atoms with Crippen molar-refractivity contribution in [1.82, 2.24) is 0 Å². The molecule has 1 aliphatic rings. The predicted molar refractivity (Wildman–Crippen MR) is 105 cm³/mol. The van der Waals surface area contributed by atoms with Crippen molar-refractivity contribution < 1.29 is 9.53 Å². The Kier molecular flexibility index (Phi) is 6.00. The Morgan fingerprint density at radius 2 is 1.88 bits per heavy atom. The largest absolute Gasteiger partial charge is 0.381 e. The van der Waals surface area contributed by atoms with E-state index >= 15 is 0 Å². The first-order valence-corrected chi connectivity index (χ1v) is 9.75. The van der Waals surface area contributed by atoms with Gasteiger partial charge in [0.2, 0.25) is 0 Å². The summed E-state index contributed by atoms with van der Waals surface area (Å²) in [5.74, 6) is -0.0807. The average Bonchev–Trinajstić information content (AvgIpc) is 2.68. The van der Waals surface area contributed by atoms with Gasteiger partial charge in [-0.25, -0.2) is 0 Å². The van der Waals surface area contributed by atoms with Crippen LogP contribution in [0.5, 0.6) is 0 Å². The molecule has 0 spiro atoms. The highest BCUT2D eigenvalue weighted by Crippen LogP contribution is 2.23. The zero-order valence-electron chi connectivity index (χ0n) is 14.7. The third-order valence-corrected chi connectivity index (χ3v) is 5.32. The molecule has 0 unspecified atom stereocenters. The molecule has 0 aliphatic carbocycles. The Morgan fingerprint density at radius 3 is 2.52 bits per heavy atom. The summed E-state index contributed by atoms with van der Waals surface area (Å²) in [6.07, 6.45) is 4.49. The number of hydrogen-bond acceptors (Lipinski definition) is 4. The molecule has 2 aromatic carbocycles. The minimum atomic E-state index is -0.0807. The Labute approximate surface area is 153 Å². The number of ether oxygens (including phenoxy) is 1. The van der Waals surface area contributed by atoms with E-state index in [1.54, 1.807) is 18.9 Å². The van der Waals surface area contributed by atoms with Crippen LogP contribution in [0.15, 0.2) is 53.4 Å². The fourth-order valence-electron chi connectivity index (χ4n) is 3.08. The molecular weight excluding hydrogens is 332 g/mol. The van der Waals surface area contributed by atoms with E-state index in [9.17, 15) is 4.79 Å². The Bertz CT molecular complexity index is 710. The molecule has 0 atom stereocenters. The predicted octanol–water partition coefficient (Wildman–Crippen LogP) is 4.28. The van der Waals surface area contributed by atoms with Crippen molar-refractivity contribution in [3.05, 3.63) is 54.1 Å². The van der Waals surface area contributed by atoms with Gasteiger partial charge in [0.05, 0.1) is 6.10 Å². The number of anilines is 2. The minimum absolute atomic E-state index is 0.0807. The number of carbonyl (C=O) groups is 1. The van der Waals surface area contributed by atoms with Gasteiger partial charge in [0.25, 0.3) is 5.91 Å². The van der Waals surface area contributed by atoms with Gasteiger partial charge in [-0.3, -0.25) is 4.79 Å². The van der Waals surface area contributed by atoms with Gasteiger partial charge in [-0.2, -0.15) is 0 Å². The van der Waals surface area contributed by atoms with Crippen LogP contribution in [0.1, 0.15) is 23.2 Å². The van der Waals surface area contributed by atoms with Gasteiger partial charge in [-0.05, 0) is 61.6 Å². The monoisotopic (exact) mass is 356 g/mol. The summed E-state index contributed by atoms with van der Waals surface area (Å²) in [6, 6.07) is 15.7. The summed E-state index contributed by atoms with van der Waals surface area (Å²) >= 11 is 1.66. The van der Waals surface area contributed by atoms with Crippen molar-refractivity contribution in [3.8, 4) is 0 Å². The lowest BCUT2D eigenvalue weighted by Gasteiger charge is -2.33. The van der Waals surface area contributed by atoms with Crippen LogP contribution in [-0.2, 0) is 4.74 Å². The molecule has 0 bridgehead atoms. The number of benzene rings is 2. The number of nitrogens with zero attached hydrogens (tertiary/aromatic N) is 1. The van der Waals surface area contributed by atoms with Crippen molar-refractivity contribution in [2.45, 2.75) is 23.8 Å². The lowest BCUT2D eigenvalue weighted by Crippen LogP contribution is -2.36. The summed E-state index contributed by atoms with van der Waals surface area (Å²) in [6.45, 7) is 1.98. The van der Waals surface area contributed by atoms with E-state index in [-0.39, 0.29) is 5.91 Å². The molecule has 0 radical (unpaired) electrons. The first-order valence-electron chi connectivity index (χ1n) is 8.53. The maximum atomic E-state index is 12.4. The Balaban J connectivity index is 1.62. The van der Waals surface area contributed by atoms with Crippen molar-refractivity contribution in [2.24, 2.45) is 0 Å². The molecule has 1 heterocycles. The molecule has 1 saturated heterocycles. The van der Waals surface area contributed by atoms with Crippen molar-refractivity contribution in [3.63, 3.8) is 0 Å². The highest BCUT2D eigenvalue weighted by atomic mass is 32.2. The van der Waals surface area contributed by atoms with Crippen molar-refractivity contribution in [1.29, 1.82) is 0 Å². The molecule has 25 heavy (non-hydrogen) atoms. The van der Waals surface area contributed by atoms with Crippen molar-refractivity contribution >= 4 is 29.0 Å². The standard InChI is InChI=1S/C20H24N2O2S/c1-24-18-10-12-22(13-11-18)17-8-6-15(7-9-17)20(23)21-16-4-3-5-19(14-16)25-2/h3-9,14,18H,10-13H2,1-2H3,(H,21,23). The van der Waals surface area contributed by atoms with Crippen molar-refractivity contribution in [2.75, 3.05) is 36.7 Å². The third kappa shape index (κ3) is 4.55. The van der Waals surface area contributed by atoms with E-state index in [0.29, 0.717) is 11.7 Å². The second kappa shape index (κ2) is 8.41. The number of thioether (sulfide) groups is 1. The van der Waals surface area contributed by atoms with Crippen LogP contribution >= 0.6 is 11.8 Å². The number of nitrogens with one attached hydrogen (secondary N) is 1. The molecule has 1 amide bonds. The van der Waals surface area contributed by atoms with Crippen LogP contribution in [0, 0.1) is 0 Å². The molecule has 1 aliphatic heterocycles. The van der Waals surface area contributed by atoms with E-state index in [4.69, 9.17) is 4.74 Å². The molecule has 132 valence electrons. The molecule has 2 aromatic rings. The van der Waals surface area contributed by atoms with Gasteiger partial charge < -0.3 is 15.0 Å². The molecule has 5 heteroatoms. The van der Waals surface area contributed by atoms with Crippen LogP contribution in [0.2, 0.25) is 0 Å². The van der Waals surface area contributed by atoms with Crippen LogP contribution in [-0.4, -0.2) is 38.5 Å². The van der Waals surface area contributed by atoms with E-state index in [1.807, 2.05) is 54.8 Å². The smallest absolute Gasteiger partial charge is 0.255 e. The number of rotatable bonds is 5. The first-order chi connectivity index (χ1) is 12.2. The Hall–Kier alpha value is -1.98. The Morgan fingerprint density at radius 1 is 1.16 bits per heavy atom. The first kappa shape index (κ1) is 17.8. The van der Waals surface area contributed by atoms with Gasteiger partial charge in [-0.1, -0.05) is 6.07 Å². The zero-order valence-corrected chi connectivity index (χ0v) is 15.5. The van der Waals surface area contributed by atoms with Gasteiger partial charge in [0, 0.05) is 42.0 Å². The number of amides is 1. The zero-order chi connectivity index (χ0) is 17.6. The third-order valence-electron chi connectivity index (χ3n) is 4.60. The minimum Gasteiger partial charge on any atom is -0.381 e. The van der Waals surface area contributed by atoms with Crippen LogP contribution in [0.4, 0.5) is 11.4 Å². The highest BCUT2D eigenvalue weighted by Gasteiger charge is 2.19. The lowest BCUT2D eigenvalue weighted by molar-refractivity contribution is 0.0819. The summed E-state index contributed by atoms with van der Waals surface area (Å²) in [4.78, 5) is 15.9. The molecule has 0 aromatic heterocycles. The molecule has 1 N–H and O–H groups in total. The van der Waals surface area contributed by atoms with Crippen LogP contribution in [0.3, 0.4) is 0 Å². The molecule has 3 rings (SSSR count). The van der Waals surface area contributed by atoms with E-state index in [0.717, 1.165) is 42.2 Å². The maximum Gasteiger partial charge on any atom is 0.255 e. The van der Waals surface area contributed by atoms with E-state index in [1.165, 1.54) is 0 Å². The van der Waals surface area contributed by atoms with Gasteiger partial charge in [-0.15, -0.1) is 11.8 Å². The van der Waals surface area contributed by atoms with Gasteiger partial charge in [0.15, 0.2) is 0 Å².